The summed E-state index contributed by atoms with van der Waals surface area (Å²) in [7, 11) is 0. The first-order valence-corrected chi connectivity index (χ1v) is 8.00. The minimum absolute atomic E-state index is 0.216. The molecule has 0 fully saturated rings. The molecule has 0 spiro atoms. The third-order valence-electron chi connectivity index (χ3n) is 3.41. The standard InChI is InChI=1S/C15H20Cl2N4/c1-4-13(18-6-3)15-14(5-2)21(20-19-15)12-8-10(16)7-11(17)9-12/h7-9,13,18H,4-6H2,1-3H3. The fourth-order valence-electron chi connectivity index (χ4n) is 2.46. The molecule has 2 aromatic rings. The monoisotopic (exact) mass is 326 g/mol. The fourth-order valence-corrected chi connectivity index (χ4v) is 2.98. The minimum atomic E-state index is 0.216. The summed E-state index contributed by atoms with van der Waals surface area (Å²) in [6.45, 7) is 7.23. The predicted molar refractivity (Wildman–Crippen MR) is 87.5 cm³/mol. The third-order valence-corrected chi connectivity index (χ3v) is 3.85. The van der Waals surface area contributed by atoms with Gasteiger partial charge in [-0.1, -0.05) is 49.2 Å². The lowest BCUT2D eigenvalue weighted by Gasteiger charge is -2.15. The van der Waals surface area contributed by atoms with E-state index >= 15 is 0 Å². The number of benzene rings is 1. The summed E-state index contributed by atoms with van der Waals surface area (Å²) in [6, 6.07) is 5.62. The van der Waals surface area contributed by atoms with Gasteiger partial charge in [-0.2, -0.15) is 0 Å². The van der Waals surface area contributed by atoms with E-state index in [1.165, 1.54) is 0 Å². The Morgan fingerprint density at radius 3 is 2.33 bits per heavy atom. The second kappa shape index (κ2) is 7.25. The first kappa shape index (κ1) is 16.3. The molecule has 1 aromatic carbocycles. The normalized spacial score (nSPS) is 12.6. The van der Waals surface area contributed by atoms with E-state index < -0.39 is 0 Å². The molecule has 6 heteroatoms. The van der Waals surface area contributed by atoms with Crippen LogP contribution in [0.2, 0.25) is 10.0 Å². The molecular weight excluding hydrogens is 307 g/mol. The highest BCUT2D eigenvalue weighted by Crippen LogP contribution is 2.25. The fraction of sp³-hybridized carbons (Fsp3) is 0.467. The van der Waals surface area contributed by atoms with E-state index in [1.807, 2.05) is 16.8 Å². The van der Waals surface area contributed by atoms with Crippen molar-refractivity contribution >= 4 is 23.2 Å². The summed E-state index contributed by atoms with van der Waals surface area (Å²) in [5, 5.41) is 13.3. The number of aromatic nitrogens is 3. The first-order chi connectivity index (χ1) is 10.1. The van der Waals surface area contributed by atoms with Gasteiger partial charge in [0.05, 0.1) is 17.4 Å². The van der Waals surface area contributed by atoms with Crippen LogP contribution < -0.4 is 5.32 Å². The summed E-state index contributed by atoms with van der Waals surface area (Å²) >= 11 is 12.2. The molecule has 0 amide bonds. The van der Waals surface area contributed by atoms with Crippen molar-refractivity contribution in [2.24, 2.45) is 0 Å². The van der Waals surface area contributed by atoms with Crippen LogP contribution in [0.1, 0.15) is 44.6 Å². The van der Waals surface area contributed by atoms with Gasteiger partial charge >= 0.3 is 0 Å². The number of nitrogens with zero attached hydrogens (tertiary/aromatic N) is 3. The zero-order valence-electron chi connectivity index (χ0n) is 12.5. The molecule has 0 aliphatic heterocycles. The Balaban J connectivity index is 2.48. The molecule has 0 saturated carbocycles. The molecule has 1 atom stereocenters. The van der Waals surface area contributed by atoms with Gasteiger partial charge < -0.3 is 5.32 Å². The number of rotatable bonds is 6. The van der Waals surface area contributed by atoms with Crippen molar-refractivity contribution in [3.8, 4) is 5.69 Å². The summed E-state index contributed by atoms with van der Waals surface area (Å²) in [5.74, 6) is 0. The van der Waals surface area contributed by atoms with Crippen molar-refractivity contribution in [2.45, 2.75) is 39.7 Å². The molecule has 21 heavy (non-hydrogen) atoms. The average Bonchev–Trinajstić information content (AvgIpc) is 2.87. The summed E-state index contributed by atoms with van der Waals surface area (Å²) in [5.41, 5.74) is 2.92. The maximum absolute atomic E-state index is 6.08. The van der Waals surface area contributed by atoms with E-state index in [1.54, 1.807) is 6.07 Å². The van der Waals surface area contributed by atoms with Crippen LogP contribution in [-0.2, 0) is 6.42 Å². The topological polar surface area (TPSA) is 42.7 Å². The highest BCUT2D eigenvalue weighted by Gasteiger charge is 2.19. The molecule has 1 heterocycles. The molecule has 0 saturated heterocycles. The maximum atomic E-state index is 6.08. The molecule has 0 radical (unpaired) electrons. The van der Waals surface area contributed by atoms with Gasteiger partial charge in [0.1, 0.15) is 5.69 Å². The number of hydrogen-bond acceptors (Lipinski definition) is 3. The number of halogens is 2. The second-order valence-corrected chi connectivity index (χ2v) is 5.71. The second-order valence-electron chi connectivity index (χ2n) is 4.83. The first-order valence-electron chi connectivity index (χ1n) is 7.24. The van der Waals surface area contributed by atoms with Crippen molar-refractivity contribution in [3.63, 3.8) is 0 Å². The molecule has 114 valence electrons. The molecule has 0 bridgehead atoms. The van der Waals surface area contributed by atoms with Crippen LogP contribution in [-0.4, -0.2) is 21.5 Å². The van der Waals surface area contributed by atoms with E-state index in [0.29, 0.717) is 10.0 Å². The van der Waals surface area contributed by atoms with Crippen molar-refractivity contribution in [1.29, 1.82) is 0 Å². The minimum Gasteiger partial charge on any atom is -0.309 e. The van der Waals surface area contributed by atoms with Gasteiger partial charge in [0.15, 0.2) is 0 Å². The lowest BCUT2D eigenvalue weighted by atomic mass is 10.1. The highest BCUT2D eigenvalue weighted by molar-refractivity contribution is 6.34. The van der Waals surface area contributed by atoms with E-state index in [2.05, 4.69) is 36.4 Å². The van der Waals surface area contributed by atoms with Crippen LogP contribution in [0.3, 0.4) is 0 Å². The van der Waals surface area contributed by atoms with Crippen LogP contribution in [0.15, 0.2) is 18.2 Å². The Kier molecular flexibility index (Phi) is 5.62. The lowest BCUT2D eigenvalue weighted by Crippen LogP contribution is -2.21. The van der Waals surface area contributed by atoms with Gasteiger partial charge in [-0.25, -0.2) is 4.68 Å². The van der Waals surface area contributed by atoms with Gasteiger partial charge in [-0.3, -0.25) is 0 Å². The zero-order chi connectivity index (χ0) is 15.4. The molecule has 1 N–H and O–H groups in total. The predicted octanol–water partition coefficient (Wildman–Crippen LogP) is 4.20. The van der Waals surface area contributed by atoms with Crippen LogP contribution in [0.25, 0.3) is 5.69 Å². The Morgan fingerprint density at radius 1 is 1.14 bits per heavy atom. The van der Waals surface area contributed by atoms with Crippen molar-refractivity contribution in [2.75, 3.05) is 6.54 Å². The summed E-state index contributed by atoms with van der Waals surface area (Å²) < 4.78 is 1.83. The largest absolute Gasteiger partial charge is 0.309 e. The van der Waals surface area contributed by atoms with E-state index in [0.717, 1.165) is 36.5 Å². The SMILES string of the molecule is CCNC(CC)c1nnn(-c2cc(Cl)cc(Cl)c2)c1CC. The van der Waals surface area contributed by atoms with Gasteiger partial charge in [0.25, 0.3) is 0 Å². The zero-order valence-corrected chi connectivity index (χ0v) is 14.0. The van der Waals surface area contributed by atoms with Gasteiger partial charge in [-0.05, 0) is 37.6 Å². The van der Waals surface area contributed by atoms with Crippen LogP contribution >= 0.6 is 23.2 Å². The Labute approximate surface area is 135 Å². The molecule has 1 aromatic heterocycles. The van der Waals surface area contributed by atoms with E-state index in [9.17, 15) is 0 Å². The van der Waals surface area contributed by atoms with Crippen LogP contribution in [0.4, 0.5) is 0 Å². The van der Waals surface area contributed by atoms with Crippen molar-refractivity contribution in [3.05, 3.63) is 39.6 Å². The maximum Gasteiger partial charge on any atom is 0.103 e. The van der Waals surface area contributed by atoms with Gasteiger partial charge in [0.2, 0.25) is 0 Å². The van der Waals surface area contributed by atoms with Crippen LogP contribution in [0, 0.1) is 0 Å². The molecule has 4 nitrogen and oxygen atoms in total. The molecule has 0 aliphatic rings. The van der Waals surface area contributed by atoms with Gasteiger partial charge in [-0.15, -0.1) is 5.10 Å². The molecule has 1 unspecified atom stereocenters. The Morgan fingerprint density at radius 2 is 1.81 bits per heavy atom. The smallest absolute Gasteiger partial charge is 0.103 e. The Hall–Kier alpha value is -1.10. The number of hydrogen-bond donors (Lipinski definition) is 1. The lowest BCUT2D eigenvalue weighted by molar-refractivity contribution is 0.520. The quantitative estimate of drug-likeness (QED) is 0.865. The van der Waals surface area contributed by atoms with Crippen molar-refractivity contribution < 1.29 is 0 Å². The molecular formula is C15H20Cl2N4. The third kappa shape index (κ3) is 3.57. The van der Waals surface area contributed by atoms with Crippen molar-refractivity contribution in [1.82, 2.24) is 20.3 Å². The highest BCUT2D eigenvalue weighted by atomic mass is 35.5. The van der Waals surface area contributed by atoms with Crippen LogP contribution in [0.5, 0.6) is 0 Å². The van der Waals surface area contributed by atoms with E-state index in [-0.39, 0.29) is 6.04 Å². The number of nitrogens with one attached hydrogen (secondary N) is 1. The average molecular weight is 327 g/mol. The Bertz CT molecular complexity index is 589. The van der Waals surface area contributed by atoms with Gasteiger partial charge in [0, 0.05) is 10.0 Å². The summed E-state index contributed by atoms with van der Waals surface area (Å²) in [6.07, 6.45) is 1.81. The summed E-state index contributed by atoms with van der Waals surface area (Å²) in [4.78, 5) is 0. The molecule has 2 rings (SSSR count). The molecule has 0 aliphatic carbocycles. The van der Waals surface area contributed by atoms with E-state index in [4.69, 9.17) is 23.2 Å².